The molecule has 21 heavy (non-hydrogen) atoms. The molecule has 1 aromatic heterocycles. The molecule has 2 heterocycles. The van der Waals surface area contributed by atoms with E-state index in [1.165, 1.54) is 6.07 Å². The zero-order valence-corrected chi connectivity index (χ0v) is 11.0. The number of alkyl halides is 3. The van der Waals surface area contributed by atoms with Gasteiger partial charge in [0.1, 0.15) is 0 Å². The van der Waals surface area contributed by atoms with Gasteiger partial charge in [-0.25, -0.2) is 0 Å². The van der Waals surface area contributed by atoms with Crippen molar-refractivity contribution < 1.29 is 17.9 Å². The largest absolute Gasteiger partial charge is 0.435 e. The van der Waals surface area contributed by atoms with E-state index in [4.69, 9.17) is 10.5 Å². The molecule has 0 bridgehead atoms. The Morgan fingerprint density at radius 3 is 2.48 bits per heavy atom. The van der Waals surface area contributed by atoms with Crippen LogP contribution in [0.25, 0.3) is 10.8 Å². The van der Waals surface area contributed by atoms with Gasteiger partial charge in [-0.2, -0.15) is 13.2 Å². The quantitative estimate of drug-likeness (QED) is 0.873. The highest BCUT2D eigenvalue weighted by molar-refractivity contribution is 5.94. The van der Waals surface area contributed by atoms with Gasteiger partial charge in [-0.15, -0.1) is 10.2 Å². The van der Waals surface area contributed by atoms with E-state index in [1.54, 1.807) is 12.1 Å². The van der Waals surface area contributed by atoms with Gasteiger partial charge in [0.15, 0.2) is 11.5 Å². The second kappa shape index (κ2) is 5.03. The number of nitrogen functional groups attached to an aromatic ring is 1. The fourth-order valence-electron chi connectivity index (χ4n) is 2.39. The molecule has 0 unspecified atom stereocenters. The average molecular weight is 298 g/mol. The Labute approximate surface area is 118 Å². The SMILES string of the molecule is Nc1nnc(C(F)(F)F)c2ccc(N3CCOCC3)cc12. The van der Waals surface area contributed by atoms with Crippen molar-refractivity contribution in [2.75, 3.05) is 36.9 Å². The van der Waals surface area contributed by atoms with Gasteiger partial charge in [0, 0.05) is 29.5 Å². The minimum atomic E-state index is -4.56. The van der Waals surface area contributed by atoms with Crippen molar-refractivity contribution in [1.29, 1.82) is 0 Å². The molecule has 0 radical (unpaired) electrons. The fraction of sp³-hybridized carbons (Fsp3) is 0.385. The Kier molecular flexibility index (Phi) is 3.32. The minimum Gasteiger partial charge on any atom is -0.382 e. The number of halogens is 3. The number of nitrogens with two attached hydrogens (primary N) is 1. The molecule has 5 nitrogen and oxygen atoms in total. The number of nitrogens with zero attached hydrogens (tertiary/aromatic N) is 3. The molecule has 0 spiro atoms. The van der Waals surface area contributed by atoms with Crippen LogP contribution in [-0.4, -0.2) is 36.5 Å². The molecule has 0 saturated carbocycles. The zero-order valence-electron chi connectivity index (χ0n) is 11.0. The molecule has 1 aromatic carbocycles. The second-order valence-electron chi connectivity index (χ2n) is 4.76. The first-order valence-corrected chi connectivity index (χ1v) is 6.42. The molecule has 2 N–H and O–H groups in total. The molecule has 8 heteroatoms. The van der Waals surface area contributed by atoms with E-state index < -0.39 is 11.9 Å². The highest BCUT2D eigenvalue weighted by atomic mass is 19.4. The van der Waals surface area contributed by atoms with Gasteiger partial charge in [-0.3, -0.25) is 0 Å². The summed E-state index contributed by atoms with van der Waals surface area (Å²) in [7, 11) is 0. The van der Waals surface area contributed by atoms with Gasteiger partial charge in [0.2, 0.25) is 0 Å². The summed E-state index contributed by atoms with van der Waals surface area (Å²) in [5.41, 5.74) is 5.47. The number of anilines is 2. The van der Waals surface area contributed by atoms with Crippen LogP contribution in [0.1, 0.15) is 5.69 Å². The first-order chi connectivity index (χ1) is 9.97. The van der Waals surface area contributed by atoms with Crippen LogP contribution in [-0.2, 0) is 10.9 Å². The number of morpholine rings is 1. The van der Waals surface area contributed by atoms with Crippen LogP contribution in [0.2, 0.25) is 0 Å². The molecular weight excluding hydrogens is 285 g/mol. The molecule has 0 atom stereocenters. The summed E-state index contributed by atoms with van der Waals surface area (Å²) in [6, 6.07) is 4.66. The number of hydrogen-bond acceptors (Lipinski definition) is 5. The highest BCUT2D eigenvalue weighted by Crippen LogP contribution is 2.35. The van der Waals surface area contributed by atoms with Crippen LogP contribution < -0.4 is 10.6 Å². The van der Waals surface area contributed by atoms with E-state index >= 15 is 0 Å². The van der Waals surface area contributed by atoms with Gasteiger partial charge >= 0.3 is 6.18 Å². The smallest absolute Gasteiger partial charge is 0.382 e. The summed E-state index contributed by atoms with van der Waals surface area (Å²) in [5.74, 6) is -0.00638. The first kappa shape index (κ1) is 13.9. The third-order valence-corrected chi connectivity index (χ3v) is 3.44. The van der Waals surface area contributed by atoms with Crippen molar-refractivity contribution >= 4 is 22.3 Å². The number of fused-ring (bicyclic) bond motifs is 1. The molecule has 1 fully saturated rings. The number of rotatable bonds is 1. The molecule has 1 saturated heterocycles. The van der Waals surface area contributed by atoms with Crippen LogP contribution >= 0.6 is 0 Å². The molecule has 1 aliphatic rings. The number of hydrogen-bond donors (Lipinski definition) is 1. The molecule has 1 aliphatic heterocycles. The maximum absolute atomic E-state index is 12.9. The van der Waals surface area contributed by atoms with Crippen molar-refractivity contribution in [3.63, 3.8) is 0 Å². The van der Waals surface area contributed by atoms with Crippen molar-refractivity contribution in [2.45, 2.75) is 6.18 Å². The molecule has 112 valence electrons. The topological polar surface area (TPSA) is 64.3 Å². The lowest BCUT2D eigenvalue weighted by Crippen LogP contribution is -2.36. The molecule has 3 rings (SSSR count). The lowest BCUT2D eigenvalue weighted by molar-refractivity contribution is -0.140. The van der Waals surface area contributed by atoms with Gasteiger partial charge in [-0.05, 0) is 18.2 Å². The van der Waals surface area contributed by atoms with E-state index in [0.717, 1.165) is 5.69 Å². The molecule has 0 amide bonds. The average Bonchev–Trinajstić information content (AvgIpc) is 2.47. The van der Waals surface area contributed by atoms with Crippen molar-refractivity contribution in [2.24, 2.45) is 0 Å². The normalized spacial score (nSPS) is 16.4. The Hall–Kier alpha value is -2.09. The van der Waals surface area contributed by atoms with Crippen LogP contribution in [0.3, 0.4) is 0 Å². The van der Waals surface area contributed by atoms with Crippen LogP contribution in [0, 0.1) is 0 Å². The Bertz CT molecular complexity index is 668. The molecule has 2 aromatic rings. The maximum Gasteiger partial charge on any atom is 0.435 e. The van der Waals surface area contributed by atoms with Gasteiger partial charge in [0.25, 0.3) is 0 Å². The summed E-state index contributed by atoms with van der Waals surface area (Å²) < 4.78 is 44.1. The fourth-order valence-corrected chi connectivity index (χ4v) is 2.39. The number of benzene rings is 1. The predicted molar refractivity (Wildman–Crippen MR) is 72.0 cm³/mol. The van der Waals surface area contributed by atoms with Crippen molar-refractivity contribution in [1.82, 2.24) is 10.2 Å². The van der Waals surface area contributed by atoms with E-state index in [0.29, 0.717) is 26.3 Å². The first-order valence-electron chi connectivity index (χ1n) is 6.42. The number of ether oxygens (including phenoxy) is 1. The Morgan fingerprint density at radius 2 is 1.81 bits per heavy atom. The Balaban J connectivity index is 2.11. The second-order valence-corrected chi connectivity index (χ2v) is 4.76. The zero-order chi connectivity index (χ0) is 15.0. The highest BCUT2D eigenvalue weighted by Gasteiger charge is 2.35. The third kappa shape index (κ3) is 2.58. The summed E-state index contributed by atoms with van der Waals surface area (Å²) in [5, 5.41) is 6.84. The summed E-state index contributed by atoms with van der Waals surface area (Å²) in [6.45, 7) is 2.57. The van der Waals surface area contributed by atoms with E-state index in [-0.39, 0.29) is 16.6 Å². The van der Waals surface area contributed by atoms with Gasteiger partial charge in [-0.1, -0.05) is 0 Å². The summed E-state index contributed by atoms with van der Waals surface area (Å²) in [6.07, 6.45) is -4.56. The van der Waals surface area contributed by atoms with Crippen LogP contribution in [0.15, 0.2) is 18.2 Å². The van der Waals surface area contributed by atoms with Crippen LogP contribution in [0.4, 0.5) is 24.7 Å². The minimum absolute atomic E-state index is 0.00638. The van der Waals surface area contributed by atoms with Crippen molar-refractivity contribution in [3.05, 3.63) is 23.9 Å². The van der Waals surface area contributed by atoms with E-state index in [2.05, 4.69) is 10.2 Å². The molecular formula is C13H13F3N4O. The molecule has 0 aliphatic carbocycles. The lowest BCUT2D eigenvalue weighted by atomic mass is 10.1. The van der Waals surface area contributed by atoms with Crippen LogP contribution in [0.5, 0.6) is 0 Å². The standard InChI is InChI=1S/C13H13F3N4O/c14-13(15,16)11-9-2-1-8(20-3-5-21-6-4-20)7-10(9)12(17)19-18-11/h1-2,7H,3-6H2,(H2,17,19). The summed E-state index contributed by atoms with van der Waals surface area (Å²) >= 11 is 0. The van der Waals surface area contributed by atoms with Gasteiger partial charge < -0.3 is 15.4 Å². The monoisotopic (exact) mass is 298 g/mol. The summed E-state index contributed by atoms with van der Waals surface area (Å²) in [4.78, 5) is 2.04. The van der Waals surface area contributed by atoms with E-state index in [1.807, 2.05) is 4.90 Å². The number of aromatic nitrogens is 2. The van der Waals surface area contributed by atoms with Crippen molar-refractivity contribution in [3.8, 4) is 0 Å². The predicted octanol–water partition coefficient (Wildman–Crippen LogP) is 2.07. The third-order valence-electron chi connectivity index (χ3n) is 3.44. The Morgan fingerprint density at radius 1 is 1.10 bits per heavy atom. The van der Waals surface area contributed by atoms with E-state index in [9.17, 15) is 13.2 Å². The lowest BCUT2D eigenvalue weighted by Gasteiger charge is -2.29. The van der Waals surface area contributed by atoms with Gasteiger partial charge in [0.05, 0.1) is 13.2 Å². The maximum atomic E-state index is 12.9.